The van der Waals surface area contributed by atoms with Crippen molar-refractivity contribution in [2.24, 2.45) is 0 Å². The molecule has 0 radical (unpaired) electrons. The third kappa shape index (κ3) is 3.37. The summed E-state index contributed by atoms with van der Waals surface area (Å²) in [4.78, 5) is 30.9. The summed E-state index contributed by atoms with van der Waals surface area (Å²) in [7, 11) is 0. The Bertz CT molecular complexity index is 1470. The van der Waals surface area contributed by atoms with Crippen molar-refractivity contribution in [3.63, 3.8) is 0 Å². The first-order chi connectivity index (χ1) is 14.9. The van der Waals surface area contributed by atoms with Crippen molar-refractivity contribution >= 4 is 73.3 Å². The number of carbonyl (C=O) groups excluding carboxylic acids is 1. The van der Waals surface area contributed by atoms with E-state index in [0.717, 1.165) is 4.47 Å². The molecule has 2 heterocycles. The highest BCUT2D eigenvalue weighted by atomic mass is 79.9. The Hall–Kier alpha value is -2.93. The molecule has 0 atom stereocenters. The number of anilines is 1. The number of hydrogen-bond donors (Lipinski definition) is 1. The molecule has 1 aliphatic heterocycles. The number of rotatable bonds is 2. The van der Waals surface area contributed by atoms with E-state index in [-0.39, 0.29) is 17.3 Å². The van der Waals surface area contributed by atoms with E-state index >= 15 is 0 Å². The number of fused-ring (bicyclic) bond motifs is 2. The van der Waals surface area contributed by atoms with Gasteiger partial charge in [-0.25, -0.2) is 4.98 Å². The van der Waals surface area contributed by atoms with Crippen LogP contribution in [0.25, 0.3) is 28.2 Å². The van der Waals surface area contributed by atoms with E-state index in [1.807, 2.05) is 18.2 Å². The maximum atomic E-state index is 13.5. The summed E-state index contributed by atoms with van der Waals surface area (Å²) < 4.78 is 2.18. The molecule has 0 spiro atoms. The van der Waals surface area contributed by atoms with Gasteiger partial charge in [-0.1, -0.05) is 57.3 Å². The van der Waals surface area contributed by atoms with Crippen LogP contribution < -0.4 is 10.9 Å². The second-order valence-corrected chi connectivity index (χ2v) is 8.63. The van der Waals surface area contributed by atoms with Gasteiger partial charge in [0.15, 0.2) is 0 Å². The lowest BCUT2D eigenvalue weighted by molar-refractivity contribution is -0.110. The zero-order chi connectivity index (χ0) is 21.7. The maximum absolute atomic E-state index is 13.5. The first kappa shape index (κ1) is 20.0. The maximum Gasteiger partial charge on any atom is 0.266 e. The van der Waals surface area contributed by atoms with Crippen LogP contribution >= 0.6 is 39.1 Å². The minimum atomic E-state index is -0.333. The summed E-state index contributed by atoms with van der Waals surface area (Å²) in [5, 5.41) is 3.84. The number of aromatic nitrogens is 2. The Kier molecular flexibility index (Phi) is 4.93. The molecule has 31 heavy (non-hydrogen) atoms. The fourth-order valence-electron chi connectivity index (χ4n) is 3.60. The molecular formula is C23H12BrCl2N3O2. The lowest BCUT2D eigenvalue weighted by atomic mass is 10.1. The monoisotopic (exact) mass is 511 g/mol. The van der Waals surface area contributed by atoms with Gasteiger partial charge >= 0.3 is 0 Å². The van der Waals surface area contributed by atoms with E-state index in [4.69, 9.17) is 23.2 Å². The number of benzene rings is 3. The topological polar surface area (TPSA) is 64.0 Å². The number of amides is 1. The Balaban J connectivity index is 1.87. The molecule has 1 amide bonds. The lowest BCUT2D eigenvalue weighted by Crippen LogP contribution is -2.23. The number of hydrogen-bond acceptors (Lipinski definition) is 3. The van der Waals surface area contributed by atoms with Crippen molar-refractivity contribution in [2.75, 3.05) is 5.32 Å². The van der Waals surface area contributed by atoms with Gasteiger partial charge in [-0.15, -0.1) is 0 Å². The summed E-state index contributed by atoms with van der Waals surface area (Å²) in [6.45, 7) is 0. The normalized spacial score (nSPS) is 14.2. The van der Waals surface area contributed by atoms with Crippen LogP contribution in [-0.2, 0) is 4.79 Å². The molecule has 3 aromatic carbocycles. The molecule has 8 heteroatoms. The van der Waals surface area contributed by atoms with Crippen molar-refractivity contribution in [1.82, 2.24) is 9.55 Å². The van der Waals surface area contributed by atoms with Crippen LogP contribution in [0, 0.1) is 0 Å². The smallest absolute Gasteiger partial charge is 0.266 e. The van der Waals surface area contributed by atoms with Crippen molar-refractivity contribution in [1.29, 1.82) is 0 Å². The van der Waals surface area contributed by atoms with Crippen LogP contribution in [0.1, 0.15) is 11.4 Å². The van der Waals surface area contributed by atoms with Gasteiger partial charge < -0.3 is 5.32 Å². The molecule has 0 fully saturated rings. The predicted molar refractivity (Wildman–Crippen MR) is 128 cm³/mol. The summed E-state index contributed by atoms with van der Waals surface area (Å²) in [6.07, 6.45) is 1.58. The van der Waals surface area contributed by atoms with E-state index in [0.29, 0.717) is 43.5 Å². The molecule has 0 bridgehead atoms. The van der Waals surface area contributed by atoms with Crippen molar-refractivity contribution in [3.05, 3.63) is 96.9 Å². The van der Waals surface area contributed by atoms with Gasteiger partial charge in [0, 0.05) is 15.7 Å². The Morgan fingerprint density at radius 1 is 0.968 bits per heavy atom. The Morgan fingerprint density at radius 3 is 2.48 bits per heavy atom. The molecule has 5 nitrogen and oxygen atoms in total. The van der Waals surface area contributed by atoms with Crippen molar-refractivity contribution in [3.8, 4) is 5.69 Å². The standard InChI is InChI=1S/C23H12BrCl2N3O2/c24-12-8-9-19-14(10-12)15(22(30)28-19)11-20-27-18-7-2-1-4-13(18)23(31)29(20)21-16(25)5-3-6-17(21)26/h1-11H,(H,28,30)/b15-11-. The molecule has 152 valence electrons. The van der Waals surface area contributed by atoms with E-state index in [1.165, 1.54) is 4.57 Å². The molecule has 1 N–H and O–H groups in total. The highest BCUT2D eigenvalue weighted by molar-refractivity contribution is 9.10. The highest BCUT2D eigenvalue weighted by Crippen LogP contribution is 2.36. The number of halogens is 3. The van der Waals surface area contributed by atoms with E-state index in [2.05, 4.69) is 26.2 Å². The zero-order valence-corrected chi connectivity index (χ0v) is 18.8. The number of carbonyl (C=O) groups is 1. The summed E-state index contributed by atoms with van der Waals surface area (Å²) in [6, 6.07) is 17.5. The average Bonchev–Trinajstić information content (AvgIpc) is 3.04. The molecule has 0 saturated carbocycles. The molecule has 1 aromatic heterocycles. The van der Waals surface area contributed by atoms with Crippen LogP contribution in [0.2, 0.25) is 10.0 Å². The van der Waals surface area contributed by atoms with Gasteiger partial charge in [0.05, 0.1) is 32.2 Å². The fourth-order valence-corrected chi connectivity index (χ4v) is 4.53. The van der Waals surface area contributed by atoms with Gasteiger partial charge in [0.25, 0.3) is 11.5 Å². The average molecular weight is 513 g/mol. The minimum absolute atomic E-state index is 0.247. The summed E-state index contributed by atoms with van der Waals surface area (Å²) in [5.74, 6) is -0.0380. The third-order valence-corrected chi connectivity index (χ3v) is 6.10. The summed E-state index contributed by atoms with van der Waals surface area (Å²) in [5.41, 5.74) is 2.26. The van der Waals surface area contributed by atoms with Gasteiger partial charge in [-0.05, 0) is 48.5 Å². The molecule has 0 unspecified atom stereocenters. The third-order valence-electron chi connectivity index (χ3n) is 5.00. The predicted octanol–water partition coefficient (Wildman–Crippen LogP) is 5.95. The van der Waals surface area contributed by atoms with Gasteiger partial charge in [-0.2, -0.15) is 0 Å². The Morgan fingerprint density at radius 2 is 1.71 bits per heavy atom. The zero-order valence-electron chi connectivity index (χ0n) is 15.7. The molecular weight excluding hydrogens is 501 g/mol. The second-order valence-electron chi connectivity index (χ2n) is 6.90. The Labute approximate surface area is 195 Å². The molecule has 5 rings (SSSR count). The van der Waals surface area contributed by atoms with Gasteiger partial charge in [-0.3, -0.25) is 14.2 Å². The molecule has 0 saturated heterocycles. The number of nitrogens with zero attached hydrogens (tertiary/aromatic N) is 2. The SMILES string of the molecule is O=C1Nc2ccc(Br)cc2/C1=C/c1nc2ccccc2c(=O)n1-c1c(Cl)cccc1Cl. The molecule has 4 aromatic rings. The molecule has 1 aliphatic rings. The van der Waals surface area contributed by atoms with Crippen molar-refractivity contribution < 1.29 is 4.79 Å². The first-order valence-corrected chi connectivity index (χ1v) is 10.8. The van der Waals surface area contributed by atoms with Crippen LogP contribution in [0.3, 0.4) is 0 Å². The van der Waals surface area contributed by atoms with Crippen molar-refractivity contribution in [2.45, 2.75) is 0 Å². The van der Waals surface area contributed by atoms with Gasteiger partial charge in [0.2, 0.25) is 0 Å². The number of nitrogens with one attached hydrogen (secondary N) is 1. The molecule has 0 aliphatic carbocycles. The van der Waals surface area contributed by atoms with E-state index < -0.39 is 0 Å². The van der Waals surface area contributed by atoms with Gasteiger partial charge in [0.1, 0.15) is 5.82 Å². The second kappa shape index (κ2) is 7.64. The highest BCUT2D eigenvalue weighted by Gasteiger charge is 2.26. The van der Waals surface area contributed by atoms with E-state index in [9.17, 15) is 9.59 Å². The van der Waals surface area contributed by atoms with Crippen LogP contribution in [0.5, 0.6) is 0 Å². The van der Waals surface area contributed by atoms with Crippen LogP contribution in [0.4, 0.5) is 5.69 Å². The summed E-state index contributed by atoms with van der Waals surface area (Å²) >= 11 is 16.3. The fraction of sp³-hybridized carbons (Fsp3) is 0. The number of para-hydroxylation sites is 2. The van der Waals surface area contributed by atoms with Crippen LogP contribution in [-0.4, -0.2) is 15.5 Å². The lowest BCUT2D eigenvalue weighted by Gasteiger charge is -2.14. The quantitative estimate of drug-likeness (QED) is 0.337. The minimum Gasteiger partial charge on any atom is -0.321 e. The van der Waals surface area contributed by atoms with E-state index in [1.54, 1.807) is 48.5 Å². The largest absolute Gasteiger partial charge is 0.321 e. The first-order valence-electron chi connectivity index (χ1n) is 9.23. The van der Waals surface area contributed by atoms with Crippen LogP contribution in [0.15, 0.2) is 69.9 Å².